The van der Waals surface area contributed by atoms with E-state index in [1.807, 2.05) is 24.3 Å². The van der Waals surface area contributed by atoms with Crippen LogP contribution in [0, 0.1) is 0 Å². The third-order valence-corrected chi connectivity index (χ3v) is 4.15. The fourth-order valence-electron chi connectivity index (χ4n) is 2.57. The van der Waals surface area contributed by atoms with Crippen LogP contribution in [-0.2, 0) is 0 Å². The molecular weight excluding hydrogens is 292 g/mol. The van der Waals surface area contributed by atoms with E-state index in [0.29, 0.717) is 18.1 Å². The van der Waals surface area contributed by atoms with Gasteiger partial charge >= 0.3 is 0 Å². The minimum absolute atomic E-state index is 0.221. The van der Waals surface area contributed by atoms with Gasteiger partial charge in [-0.2, -0.15) is 0 Å². The van der Waals surface area contributed by atoms with E-state index < -0.39 is 0 Å². The van der Waals surface area contributed by atoms with Crippen molar-refractivity contribution >= 4 is 29.4 Å². The Morgan fingerprint density at radius 1 is 1.18 bits per heavy atom. The summed E-state index contributed by atoms with van der Waals surface area (Å²) in [6, 6.07) is 13.8. The number of benzene rings is 2. The molecule has 112 valence electrons. The first kappa shape index (κ1) is 14.9. The highest BCUT2D eigenvalue weighted by atomic mass is 32.1. The average molecular weight is 310 g/mol. The maximum absolute atomic E-state index is 11.4. The van der Waals surface area contributed by atoms with Gasteiger partial charge in [0.1, 0.15) is 12.4 Å². The van der Waals surface area contributed by atoms with Crippen molar-refractivity contribution in [3.63, 3.8) is 0 Å². The van der Waals surface area contributed by atoms with Gasteiger partial charge in [-0.3, -0.25) is 4.79 Å². The Labute approximate surface area is 136 Å². The van der Waals surface area contributed by atoms with E-state index in [4.69, 9.17) is 4.74 Å². The van der Waals surface area contributed by atoms with Gasteiger partial charge in [0.25, 0.3) is 0 Å². The Balaban J connectivity index is 2.01. The molecule has 0 saturated carbocycles. The van der Waals surface area contributed by atoms with Crippen LogP contribution in [0.5, 0.6) is 5.75 Å². The van der Waals surface area contributed by atoms with Gasteiger partial charge in [-0.1, -0.05) is 38.1 Å². The van der Waals surface area contributed by atoms with E-state index >= 15 is 0 Å². The van der Waals surface area contributed by atoms with Crippen LogP contribution in [0.3, 0.4) is 0 Å². The standard InChI is InChI=1S/C19H18O2S/c1-12(2)13-6-7-18-16(8-13)10-17(11-21-18)14-4-3-5-15(9-14)19(20)22/h3-10,12H,11H2,1-2H3,(H,20,22). The van der Waals surface area contributed by atoms with Crippen molar-refractivity contribution in [3.05, 3.63) is 64.7 Å². The van der Waals surface area contributed by atoms with Crippen LogP contribution in [0.4, 0.5) is 0 Å². The van der Waals surface area contributed by atoms with E-state index in [-0.39, 0.29) is 5.12 Å². The molecule has 0 N–H and O–H groups in total. The molecule has 0 aliphatic carbocycles. The number of thiol groups is 1. The van der Waals surface area contributed by atoms with Gasteiger partial charge in [-0.25, -0.2) is 0 Å². The molecule has 2 nitrogen and oxygen atoms in total. The summed E-state index contributed by atoms with van der Waals surface area (Å²) >= 11 is 3.89. The Kier molecular flexibility index (Phi) is 4.08. The van der Waals surface area contributed by atoms with E-state index in [2.05, 4.69) is 44.7 Å². The molecule has 1 heterocycles. The molecule has 0 amide bonds. The van der Waals surface area contributed by atoms with Crippen molar-refractivity contribution < 1.29 is 9.53 Å². The summed E-state index contributed by atoms with van der Waals surface area (Å²) in [4.78, 5) is 11.4. The molecule has 3 rings (SSSR count). The topological polar surface area (TPSA) is 26.3 Å². The molecule has 0 aromatic heterocycles. The smallest absolute Gasteiger partial charge is 0.216 e. The molecule has 1 aliphatic rings. The zero-order chi connectivity index (χ0) is 15.7. The van der Waals surface area contributed by atoms with E-state index in [1.165, 1.54) is 5.56 Å². The van der Waals surface area contributed by atoms with Crippen molar-refractivity contribution in [1.82, 2.24) is 0 Å². The molecule has 22 heavy (non-hydrogen) atoms. The third-order valence-electron chi connectivity index (χ3n) is 3.89. The molecule has 2 aromatic carbocycles. The first-order valence-corrected chi connectivity index (χ1v) is 7.80. The van der Waals surface area contributed by atoms with Gasteiger partial charge in [0.15, 0.2) is 0 Å². The molecule has 0 unspecified atom stereocenters. The summed E-state index contributed by atoms with van der Waals surface area (Å²) in [7, 11) is 0. The highest BCUT2D eigenvalue weighted by molar-refractivity contribution is 7.97. The van der Waals surface area contributed by atoms with Crippen molar-refractivity contribution in [1.29, 1.82) is 0 Å². The van der Waals surface area contributed by atoms with Crippen LogP contribution in [0.15, 0.2) is 42.5 Å². The van der Waals surface area contributed by atoms with Gasteiger partial charge in [0.05, 0.1) is 0 Å². The molecule has 2 aromatic rings. The van der Waals surface area contributed by atoms with Crippen molar-refractivity contribution in [3.8, 4) is 5.75 Å². The SMILES string of the molecule is CC(C)c1ccc2c(c1)C=C(c1cccc(C(=O)S)c1)CO2. The largest absolute Gasteiger partial charge is 0.488 e. The summed E-state index contributed by atoms with van der Waals surface area (Å²) in [5.74, 6) is 1.39. The molecule has 1 aliphatic heterocycles. The zero-order valence-corrected chi connectivity index (χ0v) is 13.6. The molecule has 0 fully saturated rings. The fourth-order valence-corrected chi connectivity index (χ4v) is 2.71. The predicted octanol–water partition coefficient (Wildman–Crippen LogP) is 4.81. The molecule has 0 saturated heterocycles. The number of fused-ring (bicyclic) bond motifs is 1. The van der Waals surface area contributed by atoms with Crippen LogP contribution in [-0.4, -0.2) is 11.7 Å². The van der Waals surface area contributed by atoms with E-state index in [0.717, 1.165) is 22.4 Å². The van der Waals surface area contributed by atoms with Gasteiger partial charge in [-0.15, -0.1) is 12.6 Å². The number of hydrogen-bond acceptors (Lipinski definition) is 2. The molecule has 0 atom stereocenters. The molecule has 0 radical (unpaired) electrons. The second-order valence-corrected chi connectivity index (χ2v) is 6.20. The number of ether oxygens (including phenoxy) is 1. The lowest BCUT2D eigenvalue weighted by Gasteiger charge is -2.20. The first-order chi connectivity index (χ1) is 10.5. The average Bonchev–Trinajstić information content (AvgIpc) is 2.53. The lowest BCUT2D eigenvalue weighted by atomic mass is 9.95. The third kappa shape index (κ3) is 2.95. The highest BCUT2D eigenvalue weighted by Crippen LogP contribution is 2.33. The summed E-state index contributed by atoms with van der Waals surface area (Å²) in [6.45, 7) is 4.87. The maximum atomic E-state index is 11.4. The Bertz CT molecular complexity index is 760. The molecule has 0 spiro atoms. The van der Waals surface area contributed by atoms with Gasteiger partial charge in [0.2, 0.25) is 5.12 Å². The van der Waals surface area contributed by atoms with Crippen LogP contribution in [0.25, 0.3) is 11.6 Å². The summed E-state index contributed by atoms with van der Waals surface area (Å²) in [6.07, 6.45) is 2.15. The minimum Gasteiger partial charge on any atom is -0.488 e. The van der Waals surface area contributed by atoms with Gasteiger partial charge in [-0.05, 0) is 46.9 Å². The molecule has 3 heteroatoms. The lowest BCUT2D eigenvalue weighted by Crippen LogP contribution is -2.07. The highest BCUT2D eigenvalue weighted by Gasteiger charge is 2.15. The lowest BCUT2D eigenvalue weighted by molar-refractivity contribution is 0.109. The van der Waals surface area contributed by atoms with E-state index in [9.17, 15) is 4.79 Å². The second-order valence-electron chi connectivity index (χ2n) is 5.80. The predicted molar refractivity (Wildman–Crippen MR) is 93.7 cm³/mol. The van der Waals surface area contributed by atoms with Crippen LogP contribution < -0.4 is 4.74 Å². The number of hydrogen-bond donors (Lipinski definition) is 1. The molecular formula is C19H18O2S. The number of rotatable bonds is 3. The van der Waals surface area contributed by atoms with E-state index in [1.54, 1.807) is 6.07 Å². The molecule has 0 bridgehead atoms. The Hall–Kier alpha value is -2.00. The van der Waals surface area contributed by atoms with Gasteiger partial charge in [0, 0.05) is 11.1 Å². The minimum atomic E-state index is -0.221. The number of carbonyl (C=O) groups is 1. The second kappa shape index (κ2) is 6.01. The summed E-state index contributed by atoms with van der Waals surface area (Å²) in [5.41, 5.74) is 5.06. The van der Waals surface area contributed by atoms with Gasteiger partial charge < -0.3 is 4.74 Å². The fraction of sp³-hybridized carbons (Fsp3) is 0.211. The first-order valence-electron chi connectivity index (χ1n) is 7.35. The van der Waals surface area contributed by atoms with Crippen molar-refractivity contribution in [2.75, 3.05) is 6.61 Å². The maximum Gasteiger partial charge on any atom is 0.216 e. The Morgan fingerprint density at radius 3 is 2.73 bits per heavy atom. The van der Waals surface area contributed by atoms with Crippen molar-refractivity contribution in [2.24, 2.45) is 0 Å². The van der Waals surface area contributed by atoms with Crippen LogP contribution in [0.2, 0.25) is 0 Å². The monoisotopic (exact) mass is 310 g/mol. The number of carbonyl (C=O) groups excluding carboxylic acids is 1. The zero-order valence-electron chi connectivity index (χ0n) is 12.7. The normalized spacial score (nSPS) is 13.4. The van der Waals surface area contributed by atoms with Crippen LogP contribution in [0.1, 0.15) is 46.8 Å². The van der Waals surface area contributed by atoms with Crippen LogP contribution >= 0.6 is 12.6 Å². The Morgan fingerprint density at radius 2 is 2.00 bits per heavy atom. The summed E-state index contributed by atoms with van der Waals surface area (Å²) < 4.78 is 5.85. The summed E-state index contributed by atoms with van der Waals surface area (Å²) in [5, 5.41) is -0.221. The van der Waals surface area contributed by atoms with Crippen molar-refractivity contribution in [2.45, 2.75) is 19.8 Å². The quantitative estimate of drug-likeness (QED) is 0.823.